The van der Waals surface area contributed by atoms with Gasteiger partial charge in [0.2, 0.25) is 0 Å². The zero-order valence-corrected chi connectivity index (χ0v) is 14.5. The summed E-state index contributed by atoms with van der Waals surface area (Å²) < 4.78 is 28.6. The van der Waals surface area contributed by atoms with Crippen LogP contribution in [-0.2, 0) is 10.0 Å². The van der Waals surface area contributed by atoms with Gasteiger partial charge in [0.05, 0.1) is 10.6 Å². The van der Waals surface area contributed by atoms with Gasteiger partial charge in [0.15, 0.2) is 0 Å². The molecule has 0 heterocycles. The van der Waals surface area contributed by atoms with Crippen LogP contribution >= 0.6 is 31.9 Å². The van der Waals surface area contributed by atoms with Gasteiger partial charge in [-0.1, -0.05) is 12.1 Å². The summed E-state index contributed by atoms with van der Waals surface area (Å²) in [5.41, 5.74) is 7.49. The van der Waals surface area contributed by atoms with Crippen molar-refractivity contribution in [2.75, 3.05) is 10.5 Å². The van der Waals surface area contributed by atoms with E-state index in [-0.39, 0.29) is 4.90 Å². The first-order chi connectivity index (χ1) is 9.31. The molecule has 0 saturated carbocycles. The summed E-state index contributed by atoms with van der Waals surface area (Å²) in [4.78, 5) is 0.128. The van der Waals surface area contributed by atoms with Gasteiger partial charge in [-0.2, -0.15) is 0 Å². The Bertz CT molecular complexity index is 741. The molecule has 2 rings (SSSR count). The van der Waals surface area contributed by atoms with E-state index in [1.165, 1.54) is 12.1 Å². The Balaban J connectivity index is 2.43. The van der Waals surface area contributed by atoms with Gasteiger partial charge in [0.1, 0.15) is 0 Å². The predicted octanol–water partition coefficient (Wildman–Crippen LogP) is 3.90. The van der Waals surface area contributed by atoms with E-state index in [9.17, 15) is 8.42 Å². The Morgan fingerprint density at radius 2 is 1.70 bits per heavy atom. The summed E-state index contributed by atoms with van der Waals surface area (Å²) >= 11 is 6.63. The number of aryl methyl sites for hydroxylation is 1. The Morgan fingerprint density at radius 3 is 2.25 bits per heavy atom. The van der Waals surface area contributed by atoms with Crippen molar-refractivity contribution in [2.24, 2.45) is 0 Å². The Kier molecular flexibility index (Phi) is 4.41. The van der Waals surface area contributed by atoms with Gasteiger partial charge in [0, 0.05) is 14.6 Å². The lowest BCUT2D eigenvalue weighted by atomic mass is 10.2. The second kappa shape index (κ2) is 5.75. The molecular weight excluding hydrogens is 408 g/mol. The standard InChI is InChI=1S/C13H12Br2N2O2S/c1-8-5-6-9(7-12(8)16)20(18,19)17-13-10(14)3-2-4-11(13)15/h2-7,17H,16H2,1H3. The fraction of sp³-hybridized carbons (Fsp3) is 0.0769. The smallest absolute Gasteiger partial charge is 0.262 e. The molecule has 0 aliphatic heterocycles. The molecule has 106 valence electrons. The maximum atomic E-state index is 12.4. The van der Waals surface area contributed by atoms with Crippen LogP contribution < -0.4 is 10.5 Å². The van der Waals surface area contributed by atoms with Gasteiger partial charge in [0.25, 0.3) is 10.0 Å². The van der Waals surface area contributed by atoms with Crippen molar-refractivity contribution in [3.05, 3.63) is 50.9 Å². The number of nitrogens with one attached hydrogen (secondary N) is 1. The van der Waals surface area contributed by atoms with Crippen LogP contribution in [0, 0.1) is 6.92 Å². The van der Waals surface area contributed by atoms with Gasteiger partial charge >= 0.3 is 0 Å². The summed E-state index contributed by atoms with van der Waals surface area (Å²) in [7, 11) is -3.69. The molecule has 3 N–H and O–H groups in total. The van der Waals surface area contributed by atoms with Gasteiger partial charge in [-0.25, -0.2) is 8.42 Å². The number of sulfonamides is 1. The van der Waals surface area contributed by atoms with Crippen molar-refractivity contribution in [2.45, 2.75) is 11.8 Å². The molecule has 0 fully saturated rings. The highest BCUT2D eigenvalue weighted by Crippen LogP contribution is 2.32. The van der Waals surface area contributed by atoms with Crippen molar-refractivity contribution in [1.29, 1.82) is 0 Å². The number of hydrogen-bond acceptors (Lipinski definition) is 3. The van der Waals surface area contributed by atoms with Crippen LogP contribution in [0.3, 0.4) is 0 Å². The maximum absolute atomic E-state index is 12.4. The SMILES string of the molecule is Cc1ccc(S(=O)(=O)Nc2c(Br)cccc2Br)cc1N. The molecule has 4 nitrogen and oxygen atoms in total. The first-order valence-corrected chi connectivity index (χ1v) is 8.71. The topological polar surface area (TPSA) is 72.2 Å². The first-order valence-electron chi connectivity index (χ1n) is 5.64. The average molecular weight is 420 g/mol. The number of rotatable bonds is 3. The number of nitrogens with two attached hydrogens (primary N) is 1. The van der Waals surface area contributed by atoms with E-state index in [2.05, 4.69) is 36.6 Å². The van der Waals surface area contributed by atoms with E-state index in [0.717, 1.165) is 5.56 Å². The second-order valence-corrected chi connectivity index (χ2v) is 7.61. The molecule has 20 heavy (non-hydrogen) atoms. The molecule has 0 bridgehead atoms. The number of benzene rings is 2. The van der Waals surface area contributed by atoms with Crippen molar-refractivity contribution in [3.63, 3.8) is 0 Å². The third-order valence-electron chi connectivity index (χ3n) is 2.76. The number of nitrogen functional groups attached to an aromatic ring is 1. The van der Waals surface area contributed by atoms with Gasteiger partial charge in [-0.3, -0.25) is 4.72 Å². The number of para-hydroxylation sites is 1. The van der Waals surface area contributed by atoms with E-state index < -0.39 is 10.0 Å². The maximum Gasteiger partial charge on any atom is 0.262 e. The lowest BCUT2D eigenvalue weighted by molar-refractivity contribution is 0.601. The monoisotopic (exact) mass is 418 g/mol. The second-order valence-electron chi connectivity index (χ2n) is 4.22. The molecule has 2 aromatic rings. The van der Waals surface area contributed by atoms with E-state index in [1.807, 2.05) is 6.92 Å². The van der Waals surface area contributed by atoms with Crippen LogP contribution in [0.15, 0.2) is 50.2 Å². The van der Waals surface area contributed by atoms with Gasteiger partial charge in [-0.05, 0) is 68.6 Å². The Hall–Kier alpha value is -1.05. The minimum atomic E-state index is -3.69. The molecule has 0 aliphatic rings. The van der Waals surface area contributed by atoms with Crippen LogP contribution in [-0.4, -0.2) is 8.42 Å². The highest BCUT2D eigenvalue weighted by Gasteiger charge is 2.18. The number of hydrogen-bond donors (Lipinski definition) is 2. The molecule has 2 aromatic carbocycles. The molecule has 0 saturated heterocycles. The minimum Gasteiger partial charge on any atom is -0.398 e. The van der Waals surface area contributed by atoms with Gasteiger partial charge < -0.3 is 5.73 Å². The normalized spacial score (nSPS) is 11.3. The summed E-state index contributed by atoms with van der Waals surface area (Å²) in [5, 5.41) is 0. The number of halogens is 2. The average Bonchev–Trinajstić information content (AvgIpc) is 2.37. The van der Waals surface area contributed by atoms with Crippen LogP contribution in [0.5, 0.6) is 0 Å². The first kappa shape index (κ1) is 15.3. The van der Waals surface area contributed by atoms with E-state index >= 15 is 0 Å². The van der Waals surface area contributed by atoms with Crippen LogP contribution in [0.2, 0.25) is 0 Å². The van der Waals surface area contributed by atoms with Crippen molar-refractivity contribution in [3.8, 4) is 0 Å². The summed E-state index contributed by atoms with van der Waals surface area (Å²) in [5.74, 6) is 0. The zero-order chi connectivity index (χ0) is 14.9. The van der Waals surface area contributed by atoms with Crippen LogP contribution in [0.4, 0.5) is 11.4 Å². The van der Waals surface area contributed by atoms with Crippen molar-refractivity contribution >= 4 is 53.3 Å². The van der Waals surface area contributed by atoms with E-state index in [4.69, 9.17) is 5.73 Å². The zero-order valence-electron chi connectivity index (χ0n) is 10.5. The molecule has 0 spiro atoms. The quantitative estimate of drug-likeness (QED) is 0.741. The minimum absolute atomic E-state index is 0.128. The fourth-order valence-electron chi connectivity index (χ4n) is 1.57. The third kappa shape index (κ3) is 3.16. The fourth-order valence-corrected chi connectivity index (χ4v) is 4.17. The van der Waals surface area contributed by atoms with Crippen LogP contribution in [0.1, 0.15) is 5.56 Å². The molecule has 0 aromatic heterocycles. The van der Waals surface area contributed by atoms with Crippen molar-refractivity contribution in [1.82, 2.24) is 0 Å². The Labute approximate surface area is 134 Å². The van der Waals surface area contributed by atoms with E-state index in [1.54, 1.807) is 24.3 Å². The van der Waals surface area contributed by atoms with Crippen molar-refractivity contribution < 1.29 is 8.42 Å². The number of anilines is 2. The third-order valence-corrected chi connectivity index (χ3v) is 5.43. The lowest BCUT2D eigenvalue weighted by Crippen LogP contribution is -2.14. The van der Waals surface area contributed by atoms with E-state index in [0.29, 0.717) is 20.3 Å². The molecule has 0 aliphatic carbocycles. The predicted molar refractivity (Wildman–Crippen MR) is 88.2 cm³/mol. The molecule has 0 unspecified atom stereocenters. The van der Waals surface area contributed by atoms with Gasteiger partial charge in [-0.15, -0.1) is 0 Å². The molecular formula is C13H12Br2N2O2S. The molecule has 0 radical (unpaired) electrons. The Morgan fingerprint density at radius 1 is 1.10 bits per heavy atom. The molecule has 0 amide bonds. The molecule has 0 atom stereocenters. The summed E-state index contributed by atoms with van der Waals surface area (Å²) in [6, 6.07) is 9.97. The summed E-state index contributed by atoms with van der Waals surface area (Å²) in [6.45, 7) is 1.82. The summed E-state index contributed by atoms with van der Waals surface area (Å²) in [6.07, 6.45) is 0. The molecule has 7 heteroatoms. The highest BCUT2D eigenvalue weighted by molar-refractivity contribution is 9.11. The largest absolute Gasteiger partial charge is 0.398 e. The highest BCUT2D eigenvalue weighted by atomic mass is 79.9. The van der Waals surface area contributed by atoms with Crippen LogP contribution in [0.25, 0.3) is 0 Å². The lowest BCUT2D eigenvalue weighted by Gasteiger charge is -2.12.